The lowest BCUT2D eigenvalue weighted by molar-refractivity contribution is 0.200. The second kappa shape index (κ2) is 8.67. The van der Waals surface area contributed by atoms with Gasteiger partial charge in [0.15, 0.2) is 0 Å². The number of aromatic nitrogens is 1. The van der Waals surface area contributed by atoms with E-state index < -0.39 is 10.0 Å². The van der Waals surface area contributed by atoms with Crippen LogP contribution in [-0.4, -0.2) is 37.4 Å². The third-order valence-electron chi connectivity index (χ3n) is 4.43. The summed E-state index contributed by atoms with van der Waals surface area (Å²) in [6, 6.07) is 9.08. The van der Waals surface area contributed by atoms with Gasteiger partial charge in [-0.3, -0.25) is 9.88 Å². The minimum absolute atomic E-state index is 0.0149. The largest absolute Gasteiger partial charge is 0.299 e. The first-order valence-corrected chi connectivity index (χ1v) is 10.9. The summed E-state index contributed by atoms with van der Waals surface area (Å²) >= 11 is 12.0. The van der Waals surface area contributed by atoms with Crippen LogP contribution in [0.5, 0.6) is 0 Å². The van der Waals surface area contributed by atoms with Crippen LogP contribution in [0.3, 0.4) is 0 Å². The van der Waals surface area contributed by atoms with E-state index in [9.17, 15) is 8.42 Å². The average Bonchev–Trinajstić information content (AvgIpc) is 2.60. The quantitative estimate of drug-likeness (QED) is 0.787. The molecule has 0 atom stereocenters. The second-order valence-electron chi connectivity index (χ2n) is 6.53. The van der Waals surface area contributed by atoms with E-state index in [0.717, 1.165) is 43.6 Å². The number of rotatable bonds is 6. The smallest absolute Gasteiger partial charge is 0.216 e. The monoisotopic (exact) mass is 413 g/mol. The molecule has 1 aliphatic rings. The molecule has 1 aliphatic heterocycles. The first kappa shape index (κ1) is 19.6. The molecule has 0 amide bonds. The normalized spacial score (nSPS) is 16.7. The highest BCUT2D eigenvalue weighted by atomic mass is 35.5. The van der Waals surface area contributed by atoms with Crippen LogP contribution in [0.2, 0.25) is 10.0 Å². The Morgan fingerprint density at radius 1 is 1.04 bits per heavy atom. The minimum Gasteiger partial charge on any atom is -0.299 e. The molecule has 8 heteroatoms. The predicted molar refractivity (Wildman–Crippen MR) is 105 cm³/mol. The molecule has 140 valence electrons. The molecule has 5 nitrogen and oxygen atoms in total. The van der Waals surface area contributed by atoms with Crippen molar-refractivity contribution in [1.82, 2.24) is 14.6 Å². The van der Waals surface area contributed by atoms with E-state index in [1.807, 2.05) is 12.1 Å². The molecule has 1 saturated heterocycles. The number of hydrogen-bond donors (Lipinski definition) is 1. The van der Waals surface area contributed by atoms with Gasteiger partial charge in [-0.15, -0.1) is 0 Å². The van der Waals surface area contributed by atoms with Crippen LogP contribution in [0.15, 0.2) is 42.7 Å². The Labute approximate surface area is 164 Å². The molecule has 0 aliphatic carbocycles. The first-order chi connectivity index (χ1) is 12.4. The van der Waals surface area contributed by atoms with Crippen LogP contribution in [0.4, 0.5) is 0 Å². The number of halogens is 2. The maximum atomic E-state index is 12.3. The van der Waals surface area contributed by atoms with Crippen molar-refractivity contribution in [2.24, 2.45) is 0 Å². The van der Waals surface area contributed by atoms with Crippen molar-refractivity contribution < 1.29 is 8.42 Å². The van der Waals surface area contributed by atoms with E-state index in [4.69, 9.17) is 23.2 Å². The Bertz CT molecular complexity index is 839. The van der Waals surface area contributed by atoms with Crippen molar-refractivity contribution >= 4 is 33.2 Å². The van der Waals surface area contributed by atoms with E-state index in [-0.39, 0.29) is 11.8 Å². The highest BCUT2D eigenvalue weighted by Crippen LogP contribution is 2.24. The number of nitrogens with one attached hydrogen (secondary N) is 1. The topological polar surface area (TPSA) is 62.3 Å². The van der Waals surface area contributed by atoms with Crippen LogP contribution >= 0.6 is 23.2 Å². The summed E-state index contributed by atoms with van der Waals surface area (Å²) < 4.78 is 27.5. The van der Waals surface area contributed by atoms with E-state index in [0.29, 0.717) is 10.0 Å². The standard InChI is InChI=1S/C18H21Cl2N3O2S/c19-17-2-1-15(11-18(17)20)12-23-9-5-16(6-10-23)22-26(24,25)13-14-3-7-21-8-4-14/h1-4,7-8,11,16,22H,5-6,9-10,12-13H2. The number of pyridine rings is 1. The number of hydrogen-bond acceptors (Lipinski definition) is 4. The maximum absolute atomic E-state index is 12.3. The lowest BCUT2D eigenvalue weighted by Crippen LogP contribution is -2.44. The van der Waals surface area contributed by atoms with Gasteiger partial charge in [0.2, 0.25) is 10.0 Å². The van der Waals surface area contributed by atoms with Crippen LogP contribution in [0.25, 0.3) is 0 Å². The zero-order valence-electron chi connectivity index (χ0n) is 14.2. The lowest BCUT2D eigenvalue weighted by atomic mass is 10.1. The summed E-state index contributed by atoms with van der Waals surface area (Å²) in [4.78, 5) is 6.21. The zero-order valence-corrected chi connectivity index (χ0v) is 16.6. The van der Waals surface area contributed by atoms with Crippen LogP contribution in [0, 0.1) is 0 Å². The number of benzene rings is 1. The Kier molecular flexibility index (Phi) is 6.53. The molecule has 2 aromatic rings. The van der Waals surface area contributed by atoms with Crippen molar-refractivity contribution in [3.05, 3.63) is 63.9 Å². The molecule has 0 saturated carbocycles. The fraction of sp³-hybridized carbons (Fsp3) is 0.389. The van der Waals surface area contributed by atoms with Gasteiger partial charge in [-0.2, -0.15) is 0 Å². The minimum atomic E-state index is -3.35. The highest BCUT2D eigenvalue weighted by Gasteiger charge is 2.23. The van der Waals surface area contributed by atoms with Crippen molar-refractivity contribution in [2.45, 2.75) is 31.2 Å². The highest BCUT2D eigenvalue weighted by molar-refractivity contribution is 7.88. The van der Waals surface area contributed by atoms with Crippen LogP contribution < -0.4 is 4.72 Å². The Hall–Kier alpha value is -1.18. The van der Waals surface area contributed by atoms with Crippen LogP contribution in [0.1, 0.15) is 24.0 Å². The average molecular weight is 414 g/mol. The van der Waals surface area contributed by atoms with Gasteiger partial charge in [0.1, 0.15) is 0 Å². The summed E-state index contributed by atoms with van der Waals surface area (Å²) in [5.74, 6) is -0.0149. The fourth-order valence-corrected chi connectivity index (χ4v) is 4.88. The molecule has 2 heterocycles. The molecule has 3 rings (SSSR count). The van der Waals surface area contributed by atoms with Gasteiger partial charge < -0.3 is 0 Å². The molecule has 1 N–H and O–H groups in total. The molecule has 0 unspecified atom stereocenters. The van der Waals surface area contributed by atoms with Gasteiger partial charge in [0, 0.05) is 38.1 Å². The third kappa shape index (κ3) is 5.66. The number of nitrogens with zero attached hydrogens (tertiary/aromatic N) is 2. The zero-order chi connectivity index (χ0) is 18.6. The molecule has 1 fully saturated rings. The Morgan fingerprint density at radius 3 is 2.38 bits per heavy atom. The summed E-state index contributed by atoms with van der Waals surface area (Å²) in [5, 5.41) is 1.11. The first-order valence-electron chi connectivity index (χ1n) is 8.46. The number of likely N-dealkylation sites (tertiary alicyclic amines) is 1. The Balaban J connectivity index is 1.49. The van der Waals surface area contributed by atoms with Gasteiger partial charge >= 0.3 is 0 Å². The van der Waals surface area contributed by atoms with Crippen molar-refractivity contribution in [1.29, 1.82) is 0 Å². The third-order valence-corrected chi connectivity index (χ3v) is 6.57. The van der Waals surface area contributed by atoms with Gasteiger partial charge in [-0.25, -0.2) is 13.1 Å². The fourth-order valence-electron chi connectivity index (χ4n) is 3.10. The van der Waals surface area contributed by atoms with Gasteiger partial charge in [-0.1, -0.05) is 29.3 Å². The summed E-state index contributed by atoms with van der Waals surface area (Å²) in [7, 11) is -3.35. The van der Waals surface area contributed by atoms with E-state index >= 15 is 0 Å². The molecule has 1 aromatic heterocycles. The van der Waals surface area contributed by atoms with Crippen molar-refractivity contribution in [3.63, 3.8) is 0 Å². The van der Waals surface area contributed by atoms with E-state index in [1.54, 1.807) is 30.6 Å². The molecular formula is C18H21Cl2N3O2S. The van der Waals surface area contributed by atoms with Gasteiger partial charge in [-0.05, 0) is 48.2 Å². The van der Waals surface area contributed by atoms with Gasteiger partial charge in [0.25, 0.3) is 0 Å². The summed E-state index contributed by atoms with van der Waals surface area (Å²) in [5.41, 5.74) is 1.85. The lowest BCUT2D eigenvalue weighted by Gasteiger charge is -2.32. The molecule has 26 heavy (non-hydrogen) atoms. The predicted octanol–water partition coefficient (Wildman–Crippen LogP) is 3.47. The van der Waals surface area contributed by atoms with E-state index in [2.05, 4.69) is 14.6 Å². The Morgan fingerprint density at radius 2 is 1.73 bits per heavy atom. The van der Waals surface area contributed by atoms with Crippen molar-refractivity contribution in [3.8, 4) is 0 Å². The number of sulfonamides is 1. The number of piperidine rings is 1. The molecule has 0 spiro atoms. The van der Waals surface area contributed by atoms with Crippen LogP contribution in [-0.2, 0) is 22.3 Å². The summed E-state index contributed by atoms with van der Waals surface area (Å²) in [6.07, 6.45) is 4.78. The molecule has 1 aromatic carbocycles. The van der Waals surface area contributed by atoms with Crippen molar-refractivity contribution in [2.75, 3.05) is 13.1 Å². The SMILES string of the molecule is O=S(=O)(Cc1ccncc1)NC1CCN(Cc2ccc(Cl)c(Cl)c2)CC1. The molecule has 0 bridgehead atoms. The molecule has 0 radical (unpaired) electrons. The molecular weight excluding hydrogens is 393 g/mol. The van der Waals surface area contributed by atoms with E-state index in [1.165, 1.54) is 0 Å². The summed E-state index contributed by atoms with van der Waals surface area (Å²) in [6.45, 7) is 2.46. The maximum Gasteiger partial charge on any atom is 0.216 e. The second-order valence-corrected chi connectivity index (χ2v) is 9.10. The van der Waals surface area contributed by atoms with Gasteiger partial charge in [0.05, 0.1) is 15.8 Å².